The fraction of sp³-hybridized carbons (Fsp3) is 0.667. The third kappa shape index (κ3) is 10.1. The van der Waals surface area contributed by atoms with Crippen molar-refractivity contribution >= 4 is 29.7 Å². The zero-order chi connectivity index (χ0) is 21.1. The SMILES string of the molecule is CC(C)CC(N)C(=O)NC(CO)C(=O)NCC(=O)NC(CC(=O)O)C(=O)O. The van der Waals surface area contributed by atoms with Crippen LogP contribution in [0.25, 0.3) is 0 Å². The minimum absolute atomic E-state index is 0.142. The zero-order valence-electron chi connectivity index (χ0n) is 15.1. The molecule has 0 saturated heterocycles. The van der Waals surface area contributed by atoms with Crippen LogP contribution >= 0.6 is 0 Å². The first-order valence-corrected chi connectivity index (χ1v) is 8.16. The number of aliphatic hydroxyl groups excluding tert-OH is 1. The van der Waals surface area contributed by atoms with E-state index in [0.29, 0.717) is 6.42 Å². The molecule has 12 heteroatoms. The van der Waals surface area contributed by atoms with E-state index in [1.807, 2.05) is 19.2 Å². The molecular weight excluding hydrogens is 364 g/mol. The number of nitrogens with one attached hydrogen (secondary N) is 3. The van der Waals surface area contributed by atoms with E-state index in [2.05, 4.69) is 10.6 Å². The summed E-state index contributed by atoms with van der Waals surface area (Å²) in [5.74, 6) is -5.30. The highest BCUT2D eigenvalue weighted by atomic mass is 16.4. The zero-order valence-corrected chi connectivity index (χ0v) is 15.1. The maximum atomic E-state index is 11.9. The summed E-state index contributed by atoms with van der Waals surface area (Å²) in [6, 6.07) is -3.88. The number of carbonyl (C=O) groups is 5. The Kier molecular flexibility index (Phi) is 10.6. The van der Waals surface area contributed by atoms with Crippen LogP contribution in [0.3, 0.4) is 0 Å². The number of carboxylic acids is 2. The van der Waals surface area contributed by atoms with Gasteiger partial charge in [0.1, 0.15) is 12.1 Å². The highest BCUT2D eigenvalue weighted by molar-refractivity contribution is 5.93. The lowest BCUT2D eigenvalue weighted by molar-refractivity contribution is -0.147. The molecule has 0 aromatic heterocycles. The Bertz CT molecular complexity index is 566. The number of hydrogen-bond donors (Lipinski definition) is 7. The molecule has 0 aromatic carbocycles. The lowest BCUT2D eigenvalue weighted by atomic mass is 10.0. The van der Waals surface area contributed by atoms with Crippen molar-refractivity contribution in [3.8, 4) is 0 Å². The molecule has 12 nitrogen and oxygen atoms in total. The Balaban J connectivity index is 4.58. The molecule has 0 aliphatic heterocycles. The molecule has 0 fully saturated rings. The molecule has 0 aromatic rings. The van der Waals surface area contributed by atoms with Crippen LogP contribution in [0.2, 0.25) is 0 Å². The lowest BCUT2D eigenvalue weighted by Gasteiger charge is -2.20. The second-order valence-electron chi connectivity index (χ2n) is 6.25. The second kappa shape index (κ2) is 11.8. The lowest BCUT2D eigenvalue weighted by Crippen LogP contribution is -2.55. The van der Waals surface area contributed by atoms with Crippen LogP contribution in [-0.2, 0) is 24.0 Å². The van der Waals surface area contributed by atoms with Crippen molar-refractivity contribution in [2.45, 2.75) is 44.8 Å². The first kappa shape index (κ1) is 24.3. The monoisotopic (exact) mass is 390 g/mol. The van der Waals surface area contributed by atoms with E-state index in [1.165, 1.54) is 0 Å². The van der Waals surface area contributed by atoms with E-state index in [0.717, 1.165) is 0 Å². The molecule has 0 spiro atoms. The number of carbonyl (C=O) groups excluding carboxylic acids is 3. The van der Waals surface area contributed by atoms with E-state index in [1.54, 1.807) is 0 Å². The summed E-state index contributed by atoms with van der Waals surface area (Å²) in [5.41, 5.74) is 5.67. The Morgan fingerprint density at radius 2 is 1.56 bits per heavy atom. The van der Waals surface area contributed by atoms with E-state index in [-0.39, 0.29) is 5.92 Å². The molecule has 0 saturated carbocycles. The number of aliphatic hydroxyl groups is 1. The van der Waals surface area contributed by atoms with Gasteiger partial charge in [-0.3, -0.25) is 19.2 Å². The summed E-state index contributed by atoms with van der Waals surface area (Å²) in [6.45, 7) is 2.30. The third-order valence-electron chi connectivity index (χ3n) is 3.31. The predicted molar refractivity (Wildman–Crippen MR) is 91.3 cm³/mol. The smallest absolute Gasteiger partial charge is 0.326 e. The van der Waals surface area contributed by atoms with Crippen LogP contribution in [0.15, 0.2) is 0 Å². The molecular formula is C15H26N4O8. The Labute approximate surface area is 155 Å². The van der Waals surface area contributed by atoms with E-state index in [9.17, 15) is 29.1 Å². The van der Waals surface area contributed by atoms with Crippen molar-refractivity contribution < 1.29 is 39.3 Å². The van der Waals surface area contributed by atoms with Crippen molar-refractivity contribution in [1.29, 1.82) is 0 Å². The summed E-state index contributed by atoms with van der Waals surface area (Å²) < 4.78 is 0. The molecule has 0 radical (unpaired) electrons. The van der Waals surface area contributed by atoms with Crippen LogP contribution in [0.5, 0.6) is 0 Å². The quantitative estimate of drug-likeness (QED) is 0.181. The first-order chi connectivity index (χ1) is 12.5. The number of amides is 3. The molecule has 0 bridgehead atoms. The standard InChI is InChI=1S/C15H26N4O8/c1-7(2)3-8(16)13(24)19-10(6-20)14(25)17-5-11(21)18-9(15(26)27)4-12(22)23/h7-10,20H,3-6,16H2,1-2H3,(H,17,25)(H,18,21)(H,19,24)(H,22,23)(H,26,27). The molecule has 0 rings (SSSR count). The van der Waals surface area contributed by atoms with Gasteiger partial charge in [0, 0.05) is 0 Å². The fourth-order valence-corrected chi connectivity index (χ4v) is 2.00. The van der Waals surface area contributed by atoms with Crippen molar-refractivity contribution in [2.24, 2.45) is 11.7 Å². The van der Waals surface area contributed by atoms with Gasteiger partial charge in [0.25, 0.3) is 0 Å². The van der Waals surface area contributed by atoms with Crippen LogP contribution < -0.4 is 21.7 Å². The van der Waals surface area contributed by atoms with Gasteiger partial charge in [0.05, 0.1) is 25.6 Å². The summed E-state index contributed by atoms with van der Waals surface area (Å²) in [4.78, 5) is 56.9. The third-order valence-corrected chi connectivity index (χ3v) is 3.31. The minimum atomic E-state index is -1.66. The Morgan fingerprint density at radius 3 is 2.00 bits per heavy atom. The molecule has 3 amide bonds. The minimum Gasteiger partial charge on any atom is -0.481 e. The normalized spacial score (nSPS) is 14.0. The number of carboxylic acid groups (broad SMARTS) is 2. The van der Waals surface area contributed by atoms with Gasteiger partial charge in [0.15, 0.2) is 0 Å². The molecule has 27 heavy (non-hydrogen) atoms. The Hall–Kier alpha value is -2.73. The number of rotatable bonds is 12. The molecule has 0 aliphatic carbocycles. The summed E-state index contributed by atoms with van der Waals surface area (Å²) in [5, 5.41) is 32.9. The van der Waals surface area contributed by atoms with Gasteiger partial charge in [-0.25, -0.2) is 4.79 Å². The van der Waals surface area contributed by atoms with Gasteiger partial charge in [-0.15, -0.1) is 0 Å². The van der Waals surface area contributed by atoms with Gasteiger partial charge in [-0.2, -0.15) is 0 Å². The first-order valence-electron chi connectivity index (χ1n) is 8.16. The molecule has 8 N–H and O–H groups in total. The highest BCUT2D eigenvalue weighted by Crippen LogP contribution is 2.02. The molecule has 3 atom stereocenters. The van der Waals surface area contributed by atoms with Gasteiger partial charge in [0.2, 0.25) is 17.7 Å². The van der Waals surface area contributed by atoms with Crippen LogP contribution in [0.4, 0.5) is 0 Å². The fourth-order valence-electron chi connectivity index (χ4n) is 2.00. The van der Waals surface area contributed by atoms with Crippen molar-refractivity contribution in [3.63, 3.8) is 0 Å². The predicted octanol–water partition coefficient (Wildman–Crippen LogP) is -3.00. The molecule has 0 aliphatic rings. The molecule has 3 unspecified atom stereocenters. The van der Waals surface area contributed by atoms with Crippen LogP contribution in [0.1, 0.15) is 26.7 Å². The van der Waals surface area contributed by atoms with Crippen LogP contribution in [-0.4, -0.2) is 76.3 Å². The van der Waals surface area contributed by atoms with E-state index in [4.69, 9.17) is 15.9 Å². The maximum Gasteiger partial charge on any atom is 0.326 e. The van der Waals surface area contributed by atoms with Crippen LogP contribution in [0, 0.1) is 5.92 Å². The molecule has 0 heterocycles. The highest BCUT2D eigenvalue weighted by Gasteiger charge is 2.26. The number of hydrogen-bond acceptors (Lipinski definition) is 7. The van der Waals surface area contributed by atoms with Gasteiger partial charge >= 0.3 is 11.9 Å². The van der Waals surface area contributed by atoms with Crippen molar-refractivity contribution in [2.75, 3.05) is 13.2 Å². The number of nitrogens with two attached hydrogens (primary N) is 1. The second-order valence-corrected chi connectivity index (χ2v) is 6.25. The summed E-state index contributed by atoms with van der Waals surface area (Å²) in [6.07, 6.45) is -0.466. The maximum absolute atomic E-state index is 11.9. The average Bonchev–Trinajstić information content (AvgIpc) is 2.55. The molecule has 154 valence electrons. The summed E-state index contributed by atoms with van der Waals surface area (Å²) in [7, 11) is 0. The van der Waals surface area contributed by atoms with Gasteiger partial charge in [-0.1, -0.05) is 13.8 Å². The Morgan fingerprint density at radius 1 is 0.963 bits per heavy atom. The van der Waals surface area contributed by atoms with Gasteiger partial charge in [-0.05, 0) is 12.3 Å². The topological polar surface area (TPSA) is 208 Å². The average molecular weight is 390 g/mol. The largest absolute Gasteiger partial charge is 0.481 e. The van der Waals surface area contributed by atoms with Gasteiger partial charge < -0.3 is 37.0 Å². The van der Waals surface area contributed by atoms with E-state index >= 15 is 0 Å². The van der Waals surface area contributed by atoms with Crippen molar-refractivity contribution in [1.82, 2.24) is 16.0 Å². The number of aliphatic carboxylic acids is 2. The van der Waals surface area contributed by atoms with E-state index < -0.39 is 67.4 Å². The summed E-state index contributed by atoms with van der Waals surface area (Å²) >= 11 is 0. The van der Waals surface area contributed by atoms with Crippen molar-refractivity contribution in [3.05, 3.63) is 0 Å².